The molecule has 1 aromatic rings. The van der Waals surface area contributed by atoms with Crippen molar-refractivity contribution in [2.24, 2.45) is 10.9 Å². The summed E-state index contributed by atoms with van der Waals surface area (Å²) in [5, 5.41) is 7.01. The first-order valence-corrected chi connectivity index (χ1v) is 11.0. The lowest BCUT2D eigenvalue weighted by Crippen LogP contribution is -2.74. The van der Waals surface area contributed by atoms with Crippen molar-refractivity contribution >= 4 is 47.3 Å². The number of furan rings is 1. The molecule has 1 aromatic heterocycles. The molecule has 0 spiro atoms. The Kier molecular flexibility index (Phi) is 8.01. The summed E-state index contributed by atoms with van der Waals surface area (Å²) < 4.78 is 19.9. The van der Waals surface area contributed by atoms with Gasteiger partial charge in [-0.3, -0.25) is 14.4 Å². The van der Waals surface area contributed by atoms with Crippen LogP contribution in [0.2, 0.25) is 0 Å². The zero-order valence-corrected chi connectivity index (χ0v) is 19.6. The number of hydrogen-bond donors (Lipinski definition) is 2. The Morgan fingerprint density at radius 1 is 1.31 bits per heavy atom. The number of carbonyl (C=O) groups is 5. The van der Waals surface area contributed by atoms with E-state index in [1.165, 1.54) is 31.8 Å². The highest BCUT2D eigenvalue weighted by atomic mass is 32.2. The van der Waals surface area contributed by atoms with Crippen LogP contribution in [-0.2, 0) is 38.2 Å². The van der Waals surface area contributed by atoms with Gasteiger partial charge in [0.05, 0.1) is 6.26 Å². The third-order valence-electron chi connectivity index (χ3n) is 4.73. The molecule has 1 saturated heterocycles. The fraction of sp³-hybridized carbons (Fsp3) is 0.400. The fourth-order valence-corrected chi connectivity index (χ4v) is 4.58. The second kappa shape index (κ2) is 10.9. The van der Waals surface area contributed by atoms with Gasteiger partial charge in [-0.2, -0.15) is 0 Å². The monoisotopic (exact) mass is 510 g/mol. The summed E-state index contributed by atoms with van der Waals surface area (Å²) >= 11 is 1.11. The van der Waals surface area contributed by atoms with Crippen molar-refractivity contribution in [3.63, 3.8) is 0 Å². The number of fused-ring (bicyclic) bond motifs is 1. The molecule has 188 valence electrons. The summed E-state index contributed by atoms with van der Waals surface area (Å²) in [4.78, 5) is 66.7. The predicted molar refractivity (Wildman–Crippen MR) is 117 cm³/mol. The van der Waals surface area contributed by atoms with Gasteiger partial charge in [0.1, 0.15) is 25.1 Å². The number of oxime groups is 1. The second-order valence-electron chi connectivity index (χ2n) is 7.14. The van der Waals surface area contributed by atoms with Crippen LogP contribution < -0.4 is 11.1 Å². The van der Waals surface area contributed by atoms with E-state index in [-0.39, 0.29) is 23.7 Å². The lowest BCUT2D eigenvalue weighted by Gasteiger charge is -2.51. The number of nitrogens with one attached hydrogen (secondary N) is 1. The molecule has 4 atom stereocenters. The van der Waals surface area contributed by atoms with E-state index in [1.54, 1.807) is 6.07 Å². The molecule has 1 fully saturated rings. The number of rotatable bonds is 9. The van der Waals surface area contributed by atoms with E-state index < -0.39 is 53.6 Å². The Morgan fingerprint density at radius 3 is 2.66 bits per heavy atom. The standard InChI is InChI=1S/C20H22N4O10S/c1-9(25)33-10(2)34-19(28)15-11(7-32-20(21)29)8-35-18-14(17(27)24(15)18)22-16(26)13(23-30-3)12-5-4-6-31-12/h4-6,8,10,14-15,18H,7H2,1-3H3,(H2,21,29)(H,22,26)/b23-13+/t10-,14+,15+,18+/m0/s1. The number of primary amides is 1. The number of esters is 2. The van der Waals surface area contributed by atoms with E-state index >= 15 is 0 Å². The fourth-order valence-electron chi connectivity index (χ4n) is 3.37. The van der Waals surface area contributed by atoms with E-state index in [0.29, 0.717) is 0 Å². The molecule has 0 radical (unpaired) electrons. The molecule has 0 aromatic carbocycles. The number of hydrogen-bond acceptors (Lipinski definition) is 12. The summed E-state index contributed by atoms with van der Waals surface area (Å²) in [6.07, 6.45) is -0.977. The zero-order chi connectivity index (χ0) is 25.7. The maximum Gasteiger partial charge on any atom is 0.404 e. The van der Waals surface area contributed by atoms with E-state index in [0.717, 1.165) is 23.6 Å². The van der Waals surface area contributed by atoms with Gasteiger partial charge >= 0.3 is 18.0 Å². The van der Waals surface area contributed by atoms with Crippen LogP contribution in [0.25, 0.3) is 0 Å². The summed E-state index contributed by atoms with van der Waals surface area (Å²) in [7, 11) is 1.25. The van der Waals surface area contributed by atoms with Crippen molar-refractivity contribution < 1.29 is 47.4 Å². The van der Waals surface area contributed by atoms with Gasteiger partial charge in [-0.15, -0.1) is 11.8 Å². The van der Waals surface area contributed by atoms with Crippen LogP contribution in [0.5, 0.6) is 0 Å². The van der Waals surface area contributed by atoms with Crippen LogP contribution in [0.15, 0.2) is 38.9 Å². The molecule has 2 aliphatic rings. The third-order valence-corrected chi connectivity index (χ3v) is 5.94. The van der Waals surface area contributed by atoms with Gasteiger partial charge in [-0.25, -0.2) is 9.59 Å². The average molecular weight is 510 g/mol. The molecular formula is C20H22N4O10S. The number of nitrogens with two attached hydrogens (primary N) is 1. The van der Waals surface area contributed by atoms with Gasteiger partial charge in [0.2, 0.25) is 17.9 Å². The minimum absolute atomic E-state index is 0.121. The van der Waals surface area contributed by atoms with Crippen molar-refractivity contribution in [1.82, 2.24) is 10.2 Å². The summed E-state index contributed by atoms with van der Waals surface area (Å²) in [5.41, 5.74) is 5.03. The SMILES string of the molecule is CO/N=C(/C(=O)N[C@@H]1C(=O)N2[C@@H](C(=O)O[C@@H](C)OC(C)=O)C(COC(N)=O)=CS[C@H]12)c1ccco1. The first-order valence-electron chi connectivity index (χ1n) is 10.1. The van der Waals surface area contributed by atoms with Crippen LogP contribution in [-0.4, -0.2) is 77.9 Å². The van der Waals surface area contributed by atoms with Gasteiger partial charge in [-0.05, 0) is 17.5 Å². The smallest absolute Gasteiger partial charge is 0.404 e. The number of nitrogens with zero attached hydrogens (tertiary/aromatic N) is 2. The Bertz CT molecular complexity index is 1070. The number of ether oxygens (including phenoxy) is 3. The second-order valence-corrected chi connectivity index (χ2v) is 8.13. The highest BCUT2D eigenvalue weighted by Crippen LogP contribution is 2.40. The van der Waals surface area contributed by atoms with Crippen molar-refractivity contribution in [3.8, 4) is 0 Å². The Balaban J connectivity index is 1.79. The van der Waals surface area contributed by atoms with E-state index in [4.69, 9.17) is 29.2 Å². The first-order chi connectivity index (χ1) is 16.6. The minimum atomic E-state index is -1.31. The number of carbonyl (C=O) groups excluding carboxylic acids is 5. The quantitative estimate of drug-likeness (QED) is 0.147. The lowest BCUT2D eigenvalue weighted by atomic mass is 9.98. The highest BCUT2D eigenvalue weighted by molar-refractivity contribution is 8.03. The predicted octanol–water partition coefficient (Wildman–Crippen LogP) is -0.170. The Labute approximate surface area is 202 Å². The molecule has 3 amide bonds. The van der Waals surface area contributed by atoms with Crippen LogP contribution >= 0.6 is 11.8 Å². The molecule has 15 heteroatoms. The molecule has 0 aliphatic carbocycles. The van der Waals surface area contributed by atoms with E-state index in [1.807, 2.05) is 0 Å². The summed E-state index contributed by atoms with van der Waals surface area (Å²) in [5.74, 6) is -2.84. The van der Waals surface area contributed by atoms with E-state index in [9.17, 15) is 24.0 Å². The number of β-lactam (4-membered cyclic amide) rings is 1. The number of thioether (sulfide) groups is 1. The Morgan fingerprint density at radius 2 is 2.06 bits per heavy atom. The van der Waals surface area contributed by atoms with Crippen LogP contribution in [0, 0.1) is 0 Å². The molecule has 0 bridgehead atoms. The molecular weight excluding hydrogens is 488 g/mol. The van der Waals surface area contributed by atoms with Gasteiger partial charge in [0.15, 0.2) is 11.8 Å². The molecule has 3 heterocycles. The summed E-state index contributed by atoms with van der Waals surface area (Å²) in [6.45, 7) is 2.07. The van der Waals surface area contributed by atoms with Crippen molar-refractivity contribution in [2.45, 2.75) is 37.6 Å². The van der Waals surface area contributed by atoms with Crippen LogP contribution in [0.3, 0.4) is 0 Å². The Hall–Kier alpha value is -4.01. The lowest BCUT2D eigenvalue weighted by molar-refractivity contribution is -0.189. The van der Waals surface area contributed by atoms with Gasteiger partial charge in [0.25, 0.3) is 5.91 Å². The van der Waals surface area contributed by atoms with Crippen molar-refractivity contribution in [1.29, 1.82) is 0 Å². The molecule has 0 unspecified atom stereocenters. The van der Waals surface area contributed by atoms with Gasteiger partial charge < -0.3 is 39.4 Å². The molecule has 2 aliphatic heterocycles. The van der Waals surface area contributed by atoms with Crippen molar-refractivity contribution in [2.75, 3.05) is 13.7 Å². The van der Waals surface area contributed by atoms with Crippen molar-refractivity contribution in [3.05, 3.63) is 35.1 Å². The zero-order valence-electron chi connectivity index (χ0n) is 18.8. The summed E-state index contributed by atoms with van der Waals surface area (Å²) in [6, 6.07) is 0.706. The molecule has 3 N–H and O–H groups in total. The number of amides is 3. The molecule has 3 rings (SSSR count). The average Bonchev–Trinajstić information content (AvgIpc) is 3.32. The largest absolute Gasteiger partial charge is 0.462 e. The van der Waals surface area contributed by atoms with Crippen LogP contribution in [0.4, 0.5) is 4.79 Å². The minimum Gasteiger partial charge on any atom is -0.462 e. The van der Waals surface area contributed by atoms with E-state index in [2.05, 4.69) is 10.5 Å². The highest BCUT2D eigenvalue weighted by Gasteiger charge is 2.56. The van der Waals surface area contributed by atoms with Gasteiger partial charge in [0, 0.05) is 19.4 Å². The van der Waals surface area contributed by atoms with Crippen LogP contribution in [0.1, 0.15) is 19.6 Å². The maximum atomic E-state index is 13.0. The molecule has 35 heavy (non-hydrogen) atoms. The topological polar surface area (TPSA) is 189 Å². The molecule has 14 nitrogen and oxygen atoms in total. The first kappa shape index (κ1) is 25.6. The normalized spacial score (nSPS) is 22.1. The van der Waals surface area contributed by atoms with Gasteiger partial charge in [-0.1, -0.05) is 5.16 Å². The molecule has 0 saturated carbocycles. The maximum absolute atomic E-state index is 13.0. The third kappa shape index (κ3) is 5.74.